The van der Waals surface area contributed by atoms with Gasteiger partial charge in [-0.3, -0.25) is 4.79 Å². The summed E-state index contributed by atoms with van der Waals surface area (Å²) in [4.78, 5) is 11.9. The van der Waals surface area contributed by atoms with Crippen molar-refractivity contribution in [2.75, 3.05) is 11.1 Å². The highest BCUT2D eigenvalue weighted by atomic mass is 79.9. The first-order chi connectivity index (χ1) is 8.97. The number of hydrogen-bond acceptors (Lipinski definition) is 2. The summed E-state index contributed by atoms with van der Waals surface area (Å²) in [5.74, 6) is -0.966. The Bertz CT molecular complexity index is 649. The maximum Gasteiger partial charge on any atom is 0.255 e. The molecular formula is C13H9BrClFN2O. The highest BCUT2D eigenvalue weighted by Crippen LogP contribution is 2.24. The van der Waals surface area contributed by atoms with Gasteiger partial charge < -0.3 is 11.1 Å². The molecule has 0 bridgehead atoms. The smallest absolute Gasteiger partial charge is 0.255 e. The predicted octanol–water partition coefficient (Wildman–Crippen LogP) is 4.08. The first kappa shape index (κ1) is 13.8. The fourth-order valence-electron chi connectivity index (χ4n) is 1.47. The van der Waals surface area contributed by atoms with Crippen molar-refractivity contribution in [2.45, 2.75) is 0 Å². The number of rotatable bonds is 2. The van der Waals surface area contributed by atoms with Crippen molar-refractivity contribution < 1.29 is 9.18 Å². The summed E-state index contributed by atoms with van der Waals surface area (Å²) >= 11 is 8.84. The molecule has 1 amide bonds. The van der Waals surface area contributed by atoms with Crippen LogP contribution in [0.25, 0.3) is 0 Å². The van der Waals surface area contributed by atoms with E-state index in [1.54, 1.807) is 12.1 Å². The number of halogens is 3. The lowest BCUT2D eigenvalue weighted by Gasteiger charge is -2.09. The van der Waals surface area contributed by atoms with Crippen molar-refractivity contribution in [1.29, 1.82) is 0 Å². The highest BCUT2D eigenvalue weighted by molar-refractivity contribution is 9.10. The van der Waals surface area contributed by atoms with Gasteiger partial charge in [0.2, 0.25) is 0 Å². The van der Waals surface area contributed by atoms with Crippen LogP contribution in [0.4, 0.5) is 15.8 Å². The summed E-state index contributed by atoms with van der Waals surface area (Å²) in [6, 6.07) is 8.84. The summed E-state index contributed by atoms with van der Waals surface area (Å²) in [5.41, 5.74) is 6.68. The van der Waals surface area contributed by atoms with Crippen LogP contribution in [0.2, 0.25) is 5.02 Å². The van der Waals surface area contributed by atoms with Gasteiger partial charge in [0.15, 0.2) is 0 Å². The number of nitrogen functional groups attached to an aromatic ring is 1. The van der Waals surface area contributed by atoms with Crippen molar-refractivity contribution in [2.24, 2.45) is 0 Å². The fourth-order valence-corrected chi connectivity index (χ4v) is 1.89. The van der Waals surface area contributed by atoms with Gasteiger partial charge in [-0.25, -0.2) is 4.39 Å². The molecule has 0 saturated carbocycles. The van der Waals surface area contributed by atoms with Gasteiger partial charge in [-0.1, -0.05) is 11.6 Å². The third kappa shape index (κ3) is 3.24. The van der Waals surface area contributed by atoms with Crippen LogP contribution in [0.3, 0.4) is 0 Å². The van der Waals surface area contributed by atoms with Gasteiger partial charge >= 0.3 is 0 Å². The molecule has 2 aromatic rings. The molecule has 0 aliphatic carbocycles. The number of benzene rings is 2. The second kappa shape index (κ2) is 5.59. The number of carbonyl (C=O) groups excluding carboxylic acids is 1. The molecule has 0 atom stereocenters. The normalized spacial score (nSPS) is 10.3. The summed E-state index contributed by atoms with van der Waals surface area (Å²) in [6.07, 6.45) is 0. The number of amides is 1. The van der Waals surface area contributed by atoms with E-state index in [0.717, 1.165) is 6.07 Å². The quantitative estimate of drug-likeness (QED) is 0.807. The number of nitrogens with two attached hydrogens (primary N) is 1. The fraction of sp³-hybridized carbons (Fsp3) is 0. The van der Waals surface area contributed by atoms with E-state index in [1.165, 1.54) is 18.2 Å². The Morgan fingerprint density at radius 1 is 1.26 bits per heavy atom. The molecule has 3 N–H and O–H groups in total. The Balaban J connectivity index is 2.25. The summed E-state index contributed by atoms with van der Waals surface area (Å²) < 4.78 is 13.6. The summed E-state index contributed by atoms with van der Waals surface area (Å²) in [5, 5.41) is 3.03. The largest absolute Gasteiger partial charge is 0.397 e. The van der Waals surface area contributed by atoms with Gasteiger partial charge in [0.05, 0.1) is 15.8 Å². The SMILES string of the molecule is Nc1ccc(Cl)cc1NC(=O)c1ccc(Br)c(F)c1. The number of carbonyl (C=O) groups is 1. The Labute approximate surface area is 122 Å². The zero-order valence-corrected chi connectivity index (χ0v) is 11.9. The second-order valence-electron chi connectivity index (χ2n) is 3.81. The molecule has 0 fully saturated rings. The van der Waals surface area contributed by atoms with Crippen LogP contribution in [0.15, 0.2) is 40.9 Å². The molecule has 0 aliphatic heterocycles. The second-order valence-corrected chi connectivity index (χ2v) is 5.11. The molecule has 19 heavy (non-hydrogen) atoms. The van der Waals surface area contributed by atoms with E-state index >= 15 is 0 Å². The maximum atomic E-state index is 13.3. The van der Waals surface area contributed by atoms with E-state index in [-0.39, 0.29) is 5.56 Å². The van der Waals surface area contributed by atoms with Crippen molar-refractivity contribution >= 4 is 44.8 Å². The summed E-state index contributed by atoms with van der Waals surface area (Å²) in [7, 11) is 0. The Morgan fingerprint density at radius 3 is 2.68 bits per heavy atom. The maximum absolute atomic E-state index is 13.3. The van der Waals surface area contributed by atoms with Crippen LogP contribution in [0.1, 0.15) is 10.4 Å². The number of anilines is 2. The van der Waals surface area contributed by atoms with E-state index in [0.29, 0.717) is 20.9 Å². The van der Waals surface area contributed by atoms with Crippen LogP contribution in [-0.4, -0.2) is 5.91 Å². The molecule has 0 radical (unpaired) electrons. The average molecular weight is 344 g/mol. The standard InChI is InChI=1S/C13H9BrClFN2O/c14-9-3-1-7(5-10(9)16)13(19)18-12-6-8(15)2-4-11(12)17/h1-6H,17H2,(H,18,19). The highest BCUT2D eigenvalue weighted by Gasteiger charge is 2.10. The molecule has 3 nitrogen and oxygen atoms in total. The zero-order chi connectivity index (χ0) is 14.0. The molecule has 0 heterocycles. The van der Waals surface area contributed by atoms with Gasteiger partial charge in [0, 0.05) is 10.6 Å². The topological polar surface area (TPSA) is 55.1 Å². The van der Waals surface area contributed by atoms with Gasteiger partial charge in [-0.15, -0.1) is 0 Å². The van der Waals surface area contributed by atoms with E-state index in [1.807, 2.05) is 0 Å². The first-order valence-corrected chi connectivity index (χ1v) is 6.46. The lowest BCUT2D eigenvalue weighted by Crippen LogP contribution is -2.13. The Hall–Kier alpha value is -1.59. The molecule has 0 aromatic heterocycles. The molecule has 0 saturated heterocycles. The van der Waals surface area contributed by atoms with E-state index in [9.17, 15) is 9.18 Å². The van der Waals surface area contributed by atoms with E-state index < -0.39 is 11.7 Å². The Morgan fingerprint density at radius 2 is 2.00 bits per heavy atom. The molecule has 0 aliphatic rings. The molecule has 98 valence electrons. The number of nitrogens with one attached hydrogen (secondary N) is 1. The predicted molar refractivity (Wildman–Crippen MR) is 77.9 cm³/mol. The third-order valence-electron chi connectivity index (χ3n) is 2.45. The van der Waals surface area contributed by atoms with Crippen LogP contribution in [0.5, 0.6) is 0 Å². The van der Waals surface area contributed by atoms with Crippen LogP contribution < -0.4 is 11.1 Å². The molecular weight excluding hydrogens is 335 g/mol. The van der Waals surface area contributed by atoms with E-state index in [4.69, 9.17) is 17.3 Å². The molecule has 2 rings (SSSR count). The first-order valence-electron chi connectivity index (χ1n) is 5.29. The average Bonchev–Trinajstić information content (AvgIpc) is 2.37. The molecule has 2 aromatic carbocycles. The minimum atomic E-state index is -0.508. The molecule has 0 unspecified atom stereocenters. The van der Waals surface area contributed by atoms with Crippen LogP contribution >= 0.6 is 27.5 Å². The molecule has 6 heteroatoms. The van der Waals surface area contributed by atoms with Crippen molar-refractivity contribution in [3.05, 3.63) is 57.3 Å². The van der Waals surface area contributed by atoms with Crippen LogP contribution in [-0.2, 0) is 0 Å². The van der Waals surface area contributed by atoms with Crippen molar-refractivity contribution in [1.82, 2.24) is 0 Å². The summed E-state index contributed by atoms with van der Waals surface area (Å²) in [6.45, 7) is 0. The number of hydrogen-bond donors (Lipinski definition) is 2. The Kier molecular flexibility index (Phi) is 4.07. The zero-order valence-electron chi connectivity index (χ0n) is 9.58. The third-order valence-corrected chi connectivity index (χ3v) is 3.32. The van der Waals surface area contributed by atoms with Crippen molar-refractivity contribution in [3.63, 3.8) is 0 Å². The van der Waals surface area contributed by atoms with Gasteiger partial charge in [-0.05, 0) is 52.3 Å². The minimum absolute atomic E-state index is 0.195. The lowest BCUT2D eigenvalue weighted by molar-refractivity contribution is 0.102. The van der Waals surface area contributed by atoms with Crippen LogP contribution in [0, 0.1) is 5.82 Å². The molecule has 0 spiro atoms. The van der Waals surface area contributed by atoms with E-state index in [2.05, 4.69) is 21.2 Å². The van der Waals surface area contributed by atoms with Gasteiger partial charge in [0.25, 0.3) is 5.91 Å². The monoisotopic (exact) mass is 342 g/mol. The van der Waals surface area contributed by atoms with Crippen molar-refractivity contribution in [3.8, 4) is 0 Å². The minimum Gasteiger partial charge on any atom is -0.397 e. The van der Waals surface area contributed by atoms with Gasteiger partial charge in [-0.2, -0.15) is 0 Å². The van der Waals surface area contributed by atoms with Gasteiger partial charge in [0.1, 0.15) is 5.82 Å². The lowest BCUT2D eigenvalue weighted by atomic mass is 10.2.